The summed E-state index contributed by atoms with van der Waals surface area (Å²) < 4.78 is 41.5. The molecular weight excluding hydrogens is 285 g/mol. The summed E-state index contributed by atoms with van der Waals surface area (Å²) >= 11 is 0. The molecule has 2 aromatic carbocycles. The Morgan fingerprint density at radius 3 is 2.20 bits per heavy atom. The van der Waals surface area contributed by atoms with Crippen LogP contribution in [0.3, 0.4) is 0 Å². The Balaban J connectivity index is 2.09. The van der Waals surface area contributed by atoms with E-state index in [1.807, 2.05) is 12.1 Å². The molecular formula is C15H14F3OS+. The highest BCUT2D eigenvalue weighted by molar-refractivity contribution is 7.97. The van der Waals surface area contributed by atoms with Gasteiger partial charge in [0.2, 0.25) is 0 Å². The summed E-state index contributed by atoms with van der Waals surface area (Å²) in [6, 6.07) is 10.4. The second kappa shape index (κ2) is 5.20. The Bertz CT molecular complexity index is 618. The van der Waals surface area contributed by atoms with Crippen molar-refractivity contribution in [1.82, 2.24) is 0 Å². The van der Waals surface area contributed by atoms with Gasteiger partial charge in [0.1, 0.15) is 17.3 Å². The van der Waals surface area contributed by atoms with E-state index in [1.165, 1.54) is 23.8 Å². The highest BCUT2D eigenvalue weighted by Gasteiger charge is 2.33. The van der Waals surface area contributed by atoms with Crippen LogP contribution in [-0.2, 0) is 10.9 Å². The third-order valence-electron chi connectivity index (χ3n) is 3.41. The SMILES string of the molecule is FC(F)(F)Oc1ccc([S+]2CCCC2)c2ccccc12. The number of hydrogen-bond acceptors (Lipinski definition) is 1. The predicted molar refractivity (Wildman–Crippen MR) is 75.2 cm³/mol. The number of rotatable bonds is 2. The molecule has 0 saturated carbocycles. The molecule has 1 aliphatic rings. The topological polar surface area (TPSA) is 9.23 Å². The van der Waals surface area contributed by atoms with Crippen LogP contribution in [-0.4, -0.2) is 17.9 Å². The van der Waals surface area contributed by atoms with Crippen molar-refractivity contribution in [1.29, 1.82) is 0 Å². The van der Waals surface area contributed by atoms with E-state index in [2.05, 4.69) is 4.74 Å². The van der Waals surface area contributed by atoms with Gasteiger partial charge in [-0.3, -0.25) is 0 Å². The van der Waals surface area contributed by atoms with E-state index in [-0.39, 0.29) is 16.6 Å². The Hall–Kier alpha value is -1.36. The lowest BCUT2D eigenvalue weighted by molar-refractivity contribution is -0.274. The summed E-state index contributed by atoms with van der Waals surface area (Å²) in [5.74, 6) is 2.17. The Morgan fingerprint density at radius 2 is 1.55 bits per heavy atom. The fraction of sp³-hybridized carbons (Fsp3) is 0.333. The molecule has 1 fully saturated rings. The van der Waals surface area contributed by atoms with Gasteiger partial charge in [0.15, 0.2) is 4.90 Å². The quantitative estimate of drug-likeness (QED) is 0.741. The molecule has 106 valence electrons. The fourth-order valence-electron chi connectivity index (χ4n) is 2.58. The molecule has 0 amide bonds. The van der Waals surface area contributed by atoms with Crippen molar-refractivity contribution in [2.45, 2.75) is 24.1 Å². The first-order chi connectivity index (χ1) is 9.54. The zero-order valence-corrected chi connectivity index (χ0v) is 11.6. The summed E-state index contributed by atoms with van der Waals surface area (Å²) in [7, 11) is 0.167. The number of benzene rings is 2. The highest BCUT2D eigenvalue weighted by Crippen LogP contribution is 2.36. The number of ether oxygens (including phenoxy) is 1. The normalized spacial score (nSPS) is 16.8. The van der Waals surface area contributed by atoms with Crippen LogP contribution in [0, 0.1) is 0 Å². The number of halogens is 3. The maximum absolute atomic E-state index is 12.5. The van der Waals surface area contributed by atoms with Gasteiger partial charge in [-0.25, -0.2) is 0 Å². The number of alkyl halides is 3. The van der Waals surface area contributed by atoms with Crippen LogP contribution in [0.1, 0.15) is 12.8 Å². The summed E-state index contributed by atoms with van der Waals surface area (Å²) in [4.78, 5) is 1.17. The Morgan fingerprint density at radius 1 is 0.900 bits per heavy atom. The molecule has 0 unspecified atom stereocenters. The first-order valence-electron chi connectivity index (χ1n) is 6.49. The minimum atomic E-state index is -4.65. The van der Waals surface area contributed by atoms with Crippen molar-refractivity contribution in [2.24, 2.45) is 0 Å². The van der Waals surface area contributed by atoms with E-state index in [0.717, 1.165) is 16.9 Å². The zero-order chi connectivity index (χ0) is 14.2. The molecule has 0 N–H and O–H groups in total. The highest BCUT2D eigenvalue weighted by atomic mass is 32.2. The van der Waals surface area contributed by atoms with Gasteiger partial charge < -0.3 is 4.74 Å². The van der Waals surface area contributed by atoms with Gasteiger partial charge in [0, 0.05) is 21.7 Å². The van der Waals surface area contributed by atoms with Gasteiger partial charge in [-0.15, -0.1) is 13.2 Å². The number of fused-ring (bicyclic) bond motifs is 1. The number of hydrogen-bond donors (Lipinski definition) is 0. The monoisotopic (exact) mass is 299 g/mol. The minimum Gasteiger partial charge on any atom is -0.405 e. The minimum absolute atomic E-state index is 0.111. The molecule has 0 aliphatic carbocycles. The van der Waals surface area contributed by atoms with Gasteiger partial charge in [-0.05, 0) is 31.0 Å². The third kappa shape index (κ3) is 2.73. The van der Waals surface area contributed by atoms with Crippen molar-refractivity contribution in [3.05, 3.63) is 36.4 Å². The lowest BCUT2D eigenvalue weighted by atomic mass is 10.1. The molecule has 20 heavy (non-hydrogen) atoms. The summed E-state index contributed by atoms with van der Waals surface area (Å²) in [5.41, 5.74) is 0. The maximum Gasteiger partial charge on any atom is 0.573 e. The fourth-order valence-corrected chi connectivity index (χ4v) is 5.08. The van der Waals surface area contributed by atoms with Crippen LogP contribution < -0.4 is 4.74 Å². The van der Waals surface area contributed by atoms with Gasteiger partial charge in [-0.2, -0.15) is 0 Å². The molecule has 5 heteroatoms. The first-order valence-corrected chi connectivity index (χ1v) is 8.06. The standard InChI is InChI=1S/C15H14F3OS/c16-15(17,18)19-13-7-8-14(20-9-3-4-10-20)12-6-2-1-5-11(12)13/h1-2,5-8H,3-4,9-10H2/q+1. The van der Waals surface area contributed by atoms with E-state index in [0.29, 0.717) is 5.39 Å². The van der Waals surface area contributed by atoms with E-state index in [1.54, 1.807) is 18.2 Å². The van der Waals surface area contributed by atoms with Crippen LogP contribution >= 0.6 is 0 Å². The van der Waals surface area contributed by atoms with Crippen molar-refractivity contribution in [3.8, 4) is 5.75 Å². The molecule has 1 nitrogen and oxygen atoms in total. The summed E-state index contributed by atoms with van der Waals surface area (Å²) in [6.07, 6.45) is -2.24. The second-order valence-corrected chi connectivity index (χ2v) is 7.01. The smallest absolute Gasteiger partial charge is 0.405 e. The van der Waals surface area contributed by atoms with Crippen LogP contribution in [0.4, 0.5) is 13.2 Å². The van der Waals surface area contributed by atoms with Crippen LogP contribution in [0.2, 0.25) is 0 Å². The lowest BCUT2D eigenvalue weighted by Crippen LogP contribution is -2.17. The largest absolute Gasteiger partial charge is 0.573 e. The van der Waals surface area contributed by atoms with E-state index in [4.69, 9.17) is 0 Å². The molecule has 1 heterocycles. The van der Waals surface area contributed by atoms with E-state index >= 15 is 0 Å². The molecule has 0 spiro atoms. The molecule has 0 radical (unpaired) electrons. The first kappa shape index (κ1) is 13.6. The summed E-state index contributed by atoms with van der Waals surface area (Å²) in [6.45, 7) is 0. The van der Waals surface area contributed by atoms with Crippen molar-refractivity contribution in [2.75, 3.05) is 11.5 Å². The molecule has 0 aromatic heterocycles. The van der Waals surface area contributed by atoms with Gasteiger partial charge in [0.05, 0.1) is 0 Å². The predicted octanol–water partition coefficient (Wildman–Crippen LogP) is 4.51. The molecule has 3 rings (SSSR count). The van der Waals surface area contributed by atoms with Gasteiger partial charge >= 0.3 is 6.36 Å². The zero-order valence-electron chi connectivity index (χ0n) is 10.7. The van der Waals surface area contributed by atoms with Crippen LogP contribution in [0.25, 0.3) is 10.8 Å². The third-order valence-corrected chi connectivity index (χ3v) is 5.95. The van der Waals surface area contributed by atoms with Crippen LogP contribution in [0.15, 0.2) is 41.3 Å². The van der Waals surface area contributed by atoms with Crippen molar-refractivity contribution in [3.63, 3.8) is 0 Å². The lowest BCUT2D eigenvalue weighted by Gasteiger charge is -2.13. The molecule has 2 aromatic rings. The molecule has 1 aliphatic heterocycles. The van der Waals surface area contributed by atoms with Gasteiger partial charge in [0.25, 0.3) is 0 Å². The average molecular weight is 299 g/mol. The Kier molecular flexibility index (Phi) is 3.54. The maximum atomic E-state index is 12.5. The summed E-state index contributed by atoms with van der Waals surface area (Å²) in [5, 5.41) is 1.43. The van der Waals surface area contributed by atoms with E-state index < -0.39 is 6.36 Å². The second-order valence-electron chi connectivity index (χ2n) is 4.76. The molecule has 0 bridgehead atoms. The van der Waals surface area contributed by atoms with Gasteiger partial charge in [-0.1, -0.05) is 18.2 Å². The van der Waals surface area contributed by atoms with E-state index in [9.17, 15) is 13.2 Å². The van der Waals surface area contributed by atoms with Crippen molar-refractivity contribution >= 4 is 21.7 Å². The Labute approximate surface area is 118 Å². The molecule has 1 saturated heterocycles. The molecule has 0 atom stereocenters. The van der Waals surface area contributed by atoms with Crippen molar-refractivity contribution < 1.29 is 17.9 Å². The average Bonchev–Trinajstić information content (AvgIpc) is 2.91. The van der Waals surface area contributed by atoms with Crippen LogP contribution in [0.5, 0.6) is 5.75 Å².